The lowest BCUT2D eigenvalue weighted by atomic mass is 9.76. The number of hydrogen-bond acceptors (Lipinski definition) is 4. The molecule has 0 amide bonds. The molecule has 24 heavy (non-hydrogen) atoms. The molecule has 0 atom stereocenters. The van der Waals surface area contributed by atoms with Gasteiger partial charge in [0.1, 0.15) is 0 Å². The number of azide groups is 1. The second-order valence-corrected chi connectivity index (χ2v) is 7.46. The Kier molecular flexibility index (Phi) is 5.02. The van der Waals surface area contributed by atoms with Crippen LogP contribution in [-0.2, 0) is 22.2 Å². The molecule has 1 aliphatic heterocycles. The van der Waals surface area contributed by atoms with Gasteiger partial charge in [-0.25, -0.2) is 0 Å². The summed E-state index contributed by atoms with van der Waals surface area (Å²) in [5, 5.41) is 3.89. The molecule has 0 saturated carbocycles. The molecular weight excluding hydrogens is 303 g/mol. The summed E-state index contributed by atoms with van der Waals surface area (Å²) in [6.07, 6.45) is 0.603. The highest BCUT2D eigenvalue weighted by Gasteiger charge is 2.51. The van der Waals surface area contributed by atoms with E-state index in [-0.39, 0.29) is 18.3 Å². The minimum Gasteiger partial charge on any atom is -0.403 e. The largest absolute Gasteiger partial charge is 0.462 e. The van der Waals surface area contributed by atoms with Gasteiger partial charge in [-0.2, -0.15) is 0 Å². The van der Waals surface area contributed by atoms with Gasteiger partial charge in [-0.05, 0) is 81.8 Å². The Morgan fingerprint density at radius 3 is 1.96 bits per heavy atom. The van der Waals surface area contributed by atoms with Crippen LogP contribution in [0.2, 0.25) is 0 Å². The fourth-order valence-electron chi connectivity index (χ4n) is 3.33. The molecule has 1 aromatic carbocycles. The number of nitrogens with two attached hydrogens (primary N) is 1. The highest BCUT2D eigenvalue weighted by atomic mass is 16.7. The van der Waals surface area contributed by atoms with Crippen molar-refractivity contribution in [1.29, 1.82) is 0 Å². The second-order valence-electron chi connectivity index (χ2n) is 7.46. The first kappa shape index (κ1) is 18.8. The molecule has 0 bridgehead atoms. The van der Waals surface area contributed by atoms with Gasteiger partial charge in [0.2, 0.25) is 0 Å². The van der Waals surface area contributed by atoms with E-state index in [1.54, 1.807) is 0 Å². The standard InChI is InChI=1S/C17H27BN4O2/c1-10-13(8-18-23-16(4,5)17(6,7)24-18)11(2)15(21-22-20)12(3)14(10)9-19/h8-9,19H2,1-7H3. The first-order valence-electron chi connectivity index (χ1n) is 8.28. The first-order chi connectivity index (χ1) is 11.1. The van der Waals surface area contributed by atoms with Gasteiger partial charge in [-0.1, -0.05) is 5.11 Å². The Bertz CT molecular complexity index is 693. The van der Waals surface area contributed by atoms with Crippen molar-refractivity contribution in [2.24, 2.45) is 10.8 Å². The Balaban J connectivity index is 2.48. The van der Waals surface area contributed by atoms with Gasteiger partial charge in [0.15, 0.2) is 0 Å². The third-order valence-corrected chi connectivity index (χ3v) is 5.54. The fourth-order valence-corrected chi connectivity index (χ4v) is 3.33. The third kappa shape index (κ3) is 3.05. The Morgan fingerprint density at radius 2 is 1.50 bits per heavy atom. The number of nitrogens with zero attached hydrogens (tertiary/aromatic N) is 3. The molecule has 1 aromatic rings. The lowest BCUT2D eigenvalue weighted by molar-refractivity contribution is 0.00578. The maximum Gasteiger partial charge on any atom is 0.462 e. The third-order valence-electron chi connectivity index (χ3n) is 5.54. The molecule has 1 heterocycles. The van der Waals surface area contributed by atoms with Gasteiger partial charge in [0.25, 0.3) is 0 Å². The quantitative estimate of drug-likeness (QED) is 0.388. The molecule has 0 unspecified atom stereocenters. The summed E-state index contributed by atoms with van der Waals surface area (Å²) in [5.41, 5.74) is 19.9. The van der Waals surface area contributed by atoms with Gasteiger partial charge in [-0.15, -0.1) is 0 Å². The summed E-state index contributed by atoms with van der Waals surface area (Å²) in [5.74, 6) is 0. The Hall–Kier alpha value is -1.53. The molecular formula is C17H27BN4O2. The summed E-state index contributed by atoms with van der Waals surface area (Å²) in [6, 6.07) is 0. The lowest BCUT2D eigenvalue weighted by Crippen LogP contribution is -2.41. The molecule has 7 heteroatoms. The van der Waals surface area contributed by atoms with Crippen LogP contribution in [0.3, 0.4) is 0 Å². The van der Waals surface area contributed by atoms with Crippen molar-refractivity contribution >= 4 is 12.8 Å². The molecule has 1 aliphatic rings. The summed E-state index contributed by atoms with van der Waals surface area (Å²) in [4.78, 5) is 2.97. The maximum atomic E-state index is 8.89. The monoisotopic (exact) mass is 330 g/mol. The summed E-state index contributed by atoms with van der Waals surface area (Å²) < 4.78 is 12.2. The van der Waals surface area contributed by atoms with Crippen LogP contribution < -0.4 is 5.73 Å². The van der Waals surface area contributed by atoms with E-state index >= 15 is 0 Å². The van der Waals surface area contributed by atoms with Crippen LogP contribution >= 0.6 is 0 Å². The zero-order chi connectivity index (χ0) is 18.3. The zero-order valence-electron chi connectivity index (χ0n) is 15.7. The van der Waals surface area contributed by atoms with Gasteiger partial charge >= 0.3 is 7.12 Å². The van der Waals surface area contributed by atoms with Crippen molar-refractivity contribution in [1.82, 2.24) is 0 Å². The molecule has 130 valence electrons. The summed E-state index contributed by atoms with van der Waals surface area (Å²) in [6.45, 7) is 14.6. The Labute approximate surface area is 144 Å². The highest BCUT2D eigenvalue weighted by Crippen LogP contribution is 2.39. The predicted molar refractivity (Wildman–Crippen MR) is 97.1 cm³/mol. The molecule has 0 radical (unpaired) electrons. The fraction of sp³-hybridized carbons (Fsp3) is 0.647. The molecule has 0 aromatic heterocycles. The predicted octanol–water partition coefficient (Wildman–Crippen LogP) is 4.19. The van der Waals surface area contributed by atoms with E-state index in [4.69, 9.17) is 20.6 Å². The molecule has 1 fully saturated rings. The van der Waals surface area contributed by atoms with E-state index in [1.165, 1.54) is 0 Å². The molecule has 1 saturated heterocycles. The first-order valence-corrected chi connectivity index (χ1v) is 8.28. The molecule has 0 spiro atoms. The van der Waals surface area contributed by atoms with Crippen molar-refractivity contribution < 1.29 is 9.31 Å². The highest BCUT2D eigenvalue weighted by molar-refractivity contribution is 6.45. The Morgan fingerprint density at radius 1 is 1.00 bits per heavy atom. The summed E-state index contributed by atoms with van der Waals surface area (Å²) >= 11 is 0. The van der Waals surface area contributed by atoms with Gasteiger partial charge in [0, 0.05) is 23.5 Å². The van der Waals surface area contributed by atoms with E-state index < -0.39 is 0 Å². The average Bonchev–Trinajstić information content (AvgIpc) is 2.68. The lowest BCUT2D eigenvalue weighted by Gasteiger charge is -2.32. The van der Waals surface area contributed by atoms with Crippen LogP contribution in [-0.4, -0.2) is 18.3 Å². The van der Waals surface area contributed by atoms with Crippen LogP contribution in [0.4, 0.5) is 5.69 Å². The van der Waals surface area contributed by atoms with E-state index in [9.17, 15) is 0 Å². The van der Waals surface area contributed by atoms with Crippen LogP contribution in [0.15, 0.2) is 5.11 Å². The average molecular weight is 330 g/mol. The van der Waals surface area contributed by atoms with Crippen molar-refractivity contribution in [3.8, 4) is 0 Å². The van der Waals surface area contributed by atoms with Crippen molar-refractivity contribution in [2.75, 3.05) is 0 Å². The molecule has 6 nitrogen and oxygen atoms in total. The van der Waals surface area contributed by atoms with Crippen LogP contribution in [0, 0.1) is 20.8 Å². The molecule has 0 aliphatic carbocycles. The van der Waals surface area contributed by atoms with E-state index in [1.807, 2.05) is 41.5 Å². The van der Waals surface area contributed by atoms with Gasteiger partial charge in [0.05, 0.1) is 11.2 Å². The van der Waals surface area contributed by atoms with E-state index in [0.29, 0.717) is 18.6 Å². The molecule has 2 N–H and O–H groups in total. The number of rotatable bonds is 4. The number of hydrogen-bond donors (Lipinski definition) is 1. The maximum absolute atomic E-state index is 8.89. The SMILES string of the molecule is Cc1c(CN)c(C)c(N=[N+]=[N-])c(C)c1CB1OC(C)(C)C(C)(C)O1. The van der Waals surface area contributed by atoms with E-state index in [0.717, 1.165) is 27.8 Å². The molecule has 2 rings (SSSR count). The van der Waals surface area contributed by atoms with Crippen molar-refractivity contribution in [2.45, 2.75) is 72.5 Å². The van der Waals surface area contributed by atoms with E-state index in [2.05, 4.69) is 16.9 Å². The summed E-state index contributed by atoms with van der Waals surface area (Å²) in [7, 11) is -0.334. The van der Waals surface area contributed by atoms with Crippen molar-refractivity contribution in [3.05, 3.63) is 38.3 Å². The minimum atomic E-state index is -0.367. The normalized spacial score (nSPS) is 18.6. The smallest absolute Gasteiger partial charge is 0.403 e. The van der Waals surface area contributed by atoms with Crippen LogP contribution in [0.1, 0.15) is 55.5 Å². The van der Waals surface area contributed by atoms with Crippen LogP contribution in [0.5, 0.6) is 0 Å². The van der Waals surface area contributed by atoms with Crippen LogP contribution in [0.25, 0.3) is 10.4 Å². The van der Waals surface area contributed by atoms with Gasteiger partial charge in [-0.3, -0.25) is 0 Å². The second kappa shape index (κ2) is 6.41. The van der Waals surface area contributed by atoms with Gasteiger partial charge < -0.3 is 15.0 Å². The topological polar surface area (TPSA) is 93.2 Å². The van der Waals surface area contributed by atoms with Crippen molar-refractivity contribution in [3.63, 3.8) is 0 Å². The zero-order valence-corrected chi connectivity index (χ0v) is 15.7. The minimum absolute atomic E-state index is 0.334. The number of benzene rings is 1.